The van der Waals surface area contributed by atoms with E-state index in [1.165, 1.54) is 13.8 Å². The van der Waals surface area contributed by atoms with Gasteiger partial charge in [-0.1, -0.05) is 13.8 Å². The molecule has 7 nitrogen and oxygen atoms in total. The maximum Gasteiger partial charge on any atom is 0.312 e. The minimum atomic E-state index is -2.54. The standard InChI is InChI=1S/C21H27F5N2O5/c1-9(2)21(19(31)32)13(8-33-5-4-27)28-12(7-22)20(3,18(29)30)17(21)14-15(25)10(23)6-11(24)16(14)26/h6,9,12-13,17,28H,4-5,7-8,27H2,1-3H3,(H,29,30)(H,31,32). The van der Waals surface area contributed by atoms with Gasteiger partial charge in [0.1, 0.15) is 6.67 Å². The summed E-state index contributed by atoms with van der Waals surface area (Å²) in [6.45, 7) is 1.74. The predicted octanol–water partition coefficient (Wildman–Crippen LogP) is 2.43. The van der Waals surface area contributed by atoms with Crippen LogP contribution in [0.4, 0.5) is 22.0 Å². The van der Waals surface area contributed by atoms with E-state index in [1.807, 2.05) is 0 Å². The Labute approximate surface area is 187 Å². The molecule has 0 aromatic heterocycles. The number of nitrogens with two attached hydrogens (primary N) is 1. The zero-order valence-corrected chi connectivity index (χ0v) is 18.3. The molecule has 0 amide bonds. The Balaban J connectivity index is 3.03. The first-order valence-electron chi connectivity index (χ1n) is 10.2. The number of aliphatic carboxylic acids is 2. The Morgan fingerprint density at radius 1 is 1.12 bits per heavy atom. The van der Waals surface area contributed by atoms with Gasteiger partial charge in [0, 0.05) is 30.1 Å². The maximum atomic E-state index is 15.0. The Morgan fingerprint density at radius 2 is 1.67 bits per heavy atom. The average molecular weight is 482 g/mol. The number of hydrogen-bond acceptors (Lipinski definition) is 5. The Morgan fingerprint density at radius 3 is 2.06 bits per heavy atom. The van der Waals surface area contributed by atoms with Gasteiger partial charge in [-0.15, -0.1) is 0 Å². The van der Waals surface area contributed by atoms with Gasteiger partial charge in [0.15, 0.2) is 23.3 Å². The van der Waals surface area contributed by atoms with Crippen molar-refractivity contribution in [3.05, 3.63) is 34.9 Å². The summed E-state index contributed by atoms with van der Waals surface area (Å²) >= 11 is 0. The number of rotatable bonds is 9. The van der Waals surface area contributed by atoms with Gasteiger partial charge in [0.2, 0.25) is 0 Å². The van der Waals surface area contributed by atoms with Crippen LogP contribution in [0.15, 0.2) is 6.07 Å². The van der Waals surface area contributed by atoms with Crippen molar-refractivity contribution in [1.82, 2.24) is 5.32 Å². The summed E-state index contributed by atoms with van der Waals surface area (Å²) in [4.78, 5) is 25.2. The van der Waals surface area contributed by atoms with E-state index in [0.29, 0.717) is 0 Å². The lowest BCUT2D eigenvalue weighted by molar-refractivity contribution is -0.180. The van der Waals surface area contributed by atoms with Crippen LogP contribution in [0.25, 0.3) is 0 Å². The zero-order valence-electron chi connectivity index (χ0n) is 18.3. The molecule has 5 unspecified atom stereocenters. The predicted molar refractivity (Wildman–Crippen MR) is 106 cm³/mol. The lowest BCUT2D eigenvalue weighted by Crippen LogP contribution is -2.73. The monoisotopic (exact) mass is 482 g/mol. The number of carboxylic acid groups (broad SMARTS) is 2. The Bertz CT molecular complexity index is 891. The number of benzene rings is 1. The smallest absolute Gasteiger partial charge is 0.312 e. The molecule has 0 aliphatic carbocycles. The van der Waals surface area contributed by atoms with Gasteiger partial charge in [-0.3, -0.25) is 9.59 Å². The van der Waals surface area contributed by atoms with Gasteiger partial charge in [0.05, 0.1) is 30.1 Å². The number of hydrogen-bond donors (Lipinski definition) is 4. The van der Waals surface area contributed by atoms with Crippen molar-refractivity contribution in [2.45, 2.75) is 38.8 Å². The molecular weight excluding hydrogens is 455 g/mol. The van der Waals surface area contributed by atoms with E-state index < -0.39 is 88.8 Å². The maximum absolute atomic E-state index is 15.0. The zero-order chi connectivity index (χ0) is 25.3. The van der Waals surface area contributed by atoms with E-state index in [0.717, 1.165) is 6.92 Å². The van der Waals surface area contributed by atoms with Crippen molar-refractivity contribution in [3.63, 3.8) is 0 Å². The molecule has 5 N–H and O–H groups in total. The van der Waals surface area contributed by atoms with Crippen LogP contribution in [0.2, 0.25) is 0 Å². The minimum Gasteiger partial charge on any atom is -0.481 e. The van der Waals surface area contributed by atoms with Crippen molar-refractivity contribution < 1.29 is 46.5 Å². The largest absolute Gasteiger partial charge is 0.481 e. The highest BCUT2D eigenvalue weighted by Crippen LogP contribution is 2.59. The first-order chi connectivity index (χ1) is 15.3. The van der Waals surface area contributed by atoms with Gasteiger partial charge in [0.25, 0.3) is 0 Å². The molecule has 1 aliphatic heterocycles. The number of alkyl halides is 1. The number of nitrogens with one attached hydrogen (secondary N) is 1. The van der Waals surface area contributed by atoms with Crippen molar-refractivity contribution in [3.8, 4) is 0 Å². The second-order valence-corrected chi connectivity index (χ2v) is 8.59. The number of piperidine rings is 1. The van der Waals surface area contributed by atoms with Crippen molar-refractivity contribution in [1.29, 1.82) is 0 Å². The van der Waals surface area contributed by atoms with E-state index in [1.54, 1.807) is 0 Å². The van der Waals surface area contributed by atoms with E-state index in [4.69, 9.17) is 10.5 Å². The molecule has 0 saturated carbocycles. The summed E-state index contributed by atoms with van der Waals surface area (Å²) in [5.74, 6) is -14.4. The molecule has 2 rings (SSSR count). The average Bonchev–Trinajstić information content (AvgIpc) is 2.73. The minimum absolute atomic E-state index is 0.0373. The summed E-state index contributed by atoms with van der Waals surface area (Å²) in [5.41, 5.74) is -0.960. The molecule has 12 heteroatoms. The molecule has 0 spiro atoms. The fourth-order valence-electron chi connectivity index (χ4n) is 5.04. The van der Waals surface area contributed by atoms with Crippen LogP contribution in [-0.2, 0) is 14.3 Å². The van der Waals surface area contributed by atoms with Crippen molar-refractivity contribution in [2.75, 3.05) is 26.4 Å². The van der Waals surface area contributed by atoms with E-state index in [2.05, 4.69) is 5.32 Å². The van der Waals surface area contributed by atoms with Crippen molar-refractivity contribution >= 4 is 11.9 Å². The second-order valence-electron chi connectivity index (χ2n) is 8.59. The van der Waals surface area contributed by atoms with Gasteiger partial charge in [-0.05, 0) is 12.8 Å². The number of halogens is 5. The summed E-state index contributed by atoms with van der Waals surface area (Å²) in [6.07, 6.45) is 0. The lowest BCUT2D eigenvalue weighted by Gasteiger charge is -2.58. The van der Waals surface area contributed by atoms with Gasteiger partial charge >= 0.3 is 11.9 Å². The van der Waals surface area contributed by atoms with Crippen LogP contribution >= 0.6 is 0 Å². The third-order valence-electron chi connectivity index (χ3n) is 6.70. The Hall–Kier alpha value is -2.31. The van der Waals surface area contributed by atoms with E-state index in [-0.39, 0.29) is 19.2 Å². The lowest BCUT2D eigenvalue weighted by atomic mass is 9.48. The number of carbonyl (C=O) groups is 2. The molecule has 1 aromatic rings. The third-order valence-corrected chi connectivity index (χ3v) is 6.70. The summed E-state index contributed by atoms with van der Waals surface area (Å²) in [7, 11) is 0. The number of ether oxygens (including phenoxy) is 1. The normalized spacial score (nSPS) is 29.9. The molecule has 1 aliphatic rings. The summed E-state index contributed by atoms with van der Waals surface area (Å²) in [5, 5.41) is 23.1. The first-order valence-corrected chi connectivity index (χ1v) is 10.2. The van der Waals surface area contributed by atoms with Crippen LogP contribution in [0.5, 0.6) is 0 Å². The van der Waals surface area contributed by atoms with Crippen LogP contribution in [0, 0.1) is 40.0 Å². The highest BCUT2D eigenvalue weighted by atomic mass is 19.2. The highest BCUT2D eigenvalue weighted by molar-refractivity contribution is 5.84. The number of carboxylic acids is 2. The third kappa shape index (κ3) is 4.08. The molecule has 1 heterocycles. The van der Waals surface area contributed by atoms with Crippen LogP contribution in [0.3, 0.4) is 0 Å². The molecule has 5 atom stereocenters. The fraction of sp³-hybridized carbons (Fsp3) is 0.619. The molecule has 186 valence electrons. The molecule has 1 aromatic carbocycles. The van der Waals surface area contributed by atoms with E-state index >= 15 is 8.78 Å². The summed E-state index contributed by atoms with van der Waals surface area (Å²) in [6, 6.07) is -3.15. The van der Waals surface area contributed by atoms with Crippen LogP contribution in [-0.4, -0.2) is 60.7 Å². The highest BCUT2D eigenvalue weighted by Gasteiger charge is 2.69. The first kappa shape index (κ1) is 26.9. The van der Waals surface area contributed by atoms with Crippen molar-refractivity contribution in [2.24, 2.45) is 22.5 Å². The topological polar surface area (TPSA) is 122 Å². The van der Waals surface area contributed by atoms with Gasteiger partial charge in [-0.25, -0.2) is 22.0 Å². The van der Waals surface area contributed by atoms with Gasteiger partial charge in [-0.2, -0.15) is 0 Å². The second kappa shape index (κ2) is 9.90. The Kier molecular flexibility index (Phi) is 8.08. The van der Waals surface area contributed by atoms with Crippen LogP contribution in [0.1, 0.15) is 32.3 Å². The molecule has 1 saturated heterocycles. The molecule has 33 heavy (non-hydrogen) atoms. The SMILES string of the molecule is CC(C)C1(C(=O)O)C(COCCN)NC(CF)C(C)(C(=O)O)C1c1c(F)c(F)cc(F)c1F. The van der Waals surface area contributed by atoms with E-state index in [9.17, 15) is 33.0 Å². The molecule has 0 bridgehead atoms. The fourth-order valence-corrected chi connectivity index (χ4v) is 5.04. The summed E-state index contributed by atoms with van der Waals surface area (Å²) < 4.78 is 77.9. The molecule has 0 radical (unpaired) electrons. The molecule has 1 fully saturated rings. The van der Waals surface area contributed by atoms with Gasteiger partial charge < -0.3 is 26.0 Å². The molecular formula is C21H27F5N2O5. The quantitative estimate of drug-likeness (QED) is 0.242. The van der Waals surface area contributed by atoms with Crippen LogP contribution < -0.4 is 11.1 Å².